The maximum Gasteiger partial charge on any atom is 0.233 e. The monoisotopic (exact) mass is 271 g/mol. The van der Waals surface area contributed by atoms with Gasteiger partial charge in [0.2, 0.25) is 5.88 Å². The molecule has 2 aromatic heterocycles. The van der Waals surface area contributed by atoms with E-state index in [1.165, 1.54) is 12.8 Å². The highest BCUT2D eigenvalue weighted by Gasteiger charge is 2.20. The first kappa shape index (κ1) is 12.9. The van der Waals surface area contributed by atoms with Crippen LogP contribution in [0.15, 0.2) is 18.2 Å². The van der Waals surface area contributed by atoms with Gasteiger partial charge in [0.25, 0.3) is 0 Å². The lowest BCUT2D eigenvalue weighted by atomic mass is 10.3. The first-order chi connectivity index (χ1) is 9.74. The van der Waals surface area contributed by atoms with Crippen LogP contribution in [0.4, 0.5) is 0 Å². The van der Waals surface area contributed by atoms with Gasteiger partial charge in [-0.3, -0.25) is 0 Å². The zero-order chi connectivity index (χ0) is 13.9. The lowest BCUT2D eigenvalue weighted by molar-refractivity contribution is 0.392. The van der Waals surface area contributed by atoms with Crippen LogP contribution in [0.3, 0.4) is 0 Å². The average Bonchev–Trinajstić information content (AvgIpc) is 3.29. The van der Waals surface area contributed by atoms with Crippen LogP contribution in [0.2, 0.25) is 0 Å². The van der Waals surface area contributed by atoms with Gasteiger partial charge in [0.15, 0.2) is 5.82 Å². The molecule has 20 heavy (non-hydrogen) atoms. The van der Waals surface area contributed by atoms with Gasteiger partial charge >= 0.3 is 0 Å². The Kier molecular flexibility index (Phi) is 3.56. The average molecular weight is 271 g/mol. The minimum absolute atomic E-state index is 0.483. The molecule has 0 bridgehead atoms. The molecule has 3 rings (SSSR count). The molecule has 1 saturated carbocycles. The van der Waals surface area contributed by atoms with Crippen molar-refractivity contribution in [3.63, 3.8) is 0 Å². The molecule has 2 heterocycles. The molecule has 6 heteroatoms. The van der Waals surface area contributed by atoms with Crippen LogP contribution in [-0.2, 0) is 6.54 Å². The summed E-state index contributed by atoms with van der Waals surface area (Å²) in [5.74, 6) is 1.09. The van der Waals surface area contributed by atoms with Crippen molar-refractivity contribution in [2.45, 2.75) is 32.4 Å². The fourth-order valence-electron chi connectivity index (χ4n) is 1.92. The standard InChI is InChI=1S/C14H17N5O/c1-9-7-11(8-15-10-3-4-10)17-14(16-9)12-5-6-13(20-2)19-18-12/h5-7,10,15H,3-4,8H2,1-2H3. The fourth-order valence-corrected chi connectivity index (χ4v) is 1.92. The quantitative estimate of drug-likeness (QED) is 0.888. The molecule has 0 aromatic carbocycles. The summed E-state index contributed by atoms with van der Waals surface area (Å²) in [5, 5.41) is 11.5. The summed E-state index contributed by atoms with van der Waals surface area (Å²) in [6.07, 6.45) is 2.53. The number of nitrogens with zero attached hydrogens (tertiary/aromatic N) is 4. The van der Waals surface area contributed by atoms with E-state index in [0.717, 1.165) is 17.9 Å². The van der Waals surface area contributed by atoms with Crippen LogP contribution in [0, 0.1) is 6.92 Å². The Balaban J connectivity index is 1.82. The van der Waals surface area contributed by atoms with Crippen LogP contribution < -0.4 is 10.1 Å². The van der Waals surface area contributed by atoms with E-state index >= 15 is 0 Å². The Hall–Kier alpha value is -2.08. The number of aryl methyl sites for hydroxylation is 1. The number of hydrogen-bond donors (Lipinski definition) is 1. The van der Waals surface area contributed by atoms with E-state index in [1.807, 2.05) is 19.1 Å². The number of methoxy groups -OCH3 is 1. The lowest BCUT2D eigenvalue weighted by Crippen LogP contribution is -2.17. The highest BCUT2D eigenvalue weighted by atomic mass is 16.5. The van der Waals surface area contributed by atoms with Crippen molar-refractivity contribution >= 4 is 0 Å². The van der Waals surface area contributed by atoms with Gasteiger partial charge in [-0.1, -0.05) is 0 Å². The molecule has 1 aliphatic carbocycles. The highest BCUT2D eigenvalue weighted by molar-refractivity contribution is 5.48. The van der Waals surface area contributed by atoms with Crippen LogP contribution in [0.25, 0.3) is 11.5 Å². The van der Waals surface area contributed by atoms with Crippen LogP contribution in [0.1, 0.15) is 24.2 Å². The van der Waals surface area contributed by atoms with Gasteiger partial charge in [0, 0.05) is 24.3 Å². The highest BCUT2D eigenvalue weighted by Crippen LogP contribution is 2.20. The van der Waals surface area contributed by atoms with E-state index in [0.29, 0.717) is 23.4 Å². The number of ether oxygens (including phenoxy) is 1. The molecule has 0 atom stereocenters. The largest absolute Gasteiger partial charge is 0.480 e. The normalized spacial score (nSPS) is 14.3. The fraction of sp³-hybridized carbons (Fsp3) is 0.429. The number of aromatic nitrogens is 4. The minimum Gasteiger partial charge on any atom is -0.480 e. The van der Waals surface area contributed by atoms with Crippen molar-refractivity contribution < 1.29 is 4.74 Å². The predicted molar refractivity (Wildman–Crippen MR) is 74.2 cm³/mol. The Morgan fingerprint density at radius 3 is 2.75 bits per heavy atom. The second kappa shape index (κ2) is 5.50. The summed E-state index contributed by atoms with van der Waals surface area (Å²) in [6.45, 7) is 2.73. The van der Waals surface area contributed by atoms with Gasteiger partial charge < -0.3 is 10.1 Å². The molecule has 0 amide bonds. The van der Waals surface area contributed by atoms with Crippen molar-refractivity contribution in [2.75, 3.05) is 7.11 Å². The second-order valence-electron chi connectivity index (χ2n) is 4.94. The van der Waals surface area contributed by atoms with Crippen molar-refractivity contribution in [3.8, 4) is 17.4 Å². The van der Waals surface area contributed by atoms with Gasteiger partial charge in [-0.2, -0.15) is 0 Å². The molecule has 2 aromatic rings. The van der Waals surface area contributed by atoms with Gasteiger partial charge in [0.05, 0.1) is 12.8 Å². The molecule has 0 aliphatic heterocycles. The topological polar surface area (TPSA) is 72.8 Å². The molecule has 1 aliphatic rings. The molecule has 0 spiro atoms. The SMILES string of the molecule is COc1ccc(-c2nc(C)cc(CNC3CC3)n2)nn1. The zero-order valence-electron chi connectivity index (χ0n) is 11.6. The van der Waals surface area contributed by atoms with E-state index in [4.69, 9.17) is 4.74 Å². The molecular formula is C14H17N5O. The molecule has 104 valence electrons. The summed E-state index contributed by atoms with van der Waals surface area (Å²) < 4.78 is 5.00. The van der Waals surface area contributed by atoms with Crippen molar-refractivity contribution in [2.24, 2.45) is 0 Å². The number of nitrogens with one attached hydrogen (secondary N) is 1. The van der Waals surface area contributed by atoms with E-state index in [9.17, 15) is 0 Å². The third-order valence-electron chi connectivity index (χ3n) is 3.13. The van der Waals surface area contributed by atoms with Crippen molar-refractivity contribution in [1.82, 2.24) is 25.5 Å². The molecule has 0 unspecified atom stereocenters. The van der Waals surface area contributed by atoms with E-state index in [2.05, 4.69) is 25.5 Å². The Morgan fingerprint density at radius 2 is 2.10 bits per heavy atom. The number of hydrogen-bond acceptors (Lipinski definition) is 6. The Bertz CT molecular complexity index is 595. The molecule has 0 saturated heterocycles. The maximum absolute atomic E-state index is 5.00. The maximum atomic E-state index is 5.00. The zero-order valence-corrected chi connectivity index (χ0v) is 11.6. The van der Waals surface area contributed by atoms with Crippen LogP contribution >= 0.6 is 0 Å². The van der Waals surface area contributed by atoms with Gasteiger partial charge in [-0.15, -0.1) is 10.2 Å². The Labute approximate surface area is 117 Å². The Morgan fingerprint density at radius 1 is 1.25 bits per heavy atom. The van der Waals surface area contributed by atoms with Gasteiger partial charge in [0.1, 0.15) is 5.69 Å². The van der Waals surface area contributed by atoms with Gasteiger partial charge in [-0.05, 0) is 31.9 Å². The molecule has 1 N–H and O–H groups in total. The second-order valence-corrected chi connectivity index (χ2v) is 4.94. The summed E-state index contributed by atoms with van der Waals surface area (Å²) >= 11 is 0. The van der Waals surface area contributed by atoms with Crippen molar-refractivity contribution in [3.05, 3.63) is 29.6 Å². The third-order valence-corrected chi connectivity index (χ3v) is 3.13. The van der Waals surface area contributed by atoms with Crippen LogP contribution in [0.5, 0.6) is 5.88 Å². The predicted octanol–water partition coefficient (Wildman–Crippen LogP) is 1.50. The molecule has 6 nitrogen and oxygen atoms in total. The summed E-state index contributed by atoms with van der Waals surface area (Å²) in [7, 11) is 1.56. The lowest BCUT2D eigenvalue weighted by Gasteiger charge is -2.06. The minimum atomic E-state index is 0.483. The van der Waals surface area contributed by atoms with Gasteiger partial charge in [-0.25, -0.2) is 9.97 Å². The molecule has 0 radical (unpaired) electrons. The summed E-state index contributed by atoms with van der Waals surface area (Å²) in [4.78, 5) is 8.96. The third kappa shape index (κ3) is 3.08. The first-order valence-electron chi connectivity index (χ1n) is 6.70. The summed E-state index contributed by atoms with van der Waals surface area (Å²) in [6, 6.07) is 6.24. The first-order valence-corrected chi connectivity index (χ1v) is 6.70. The molecule has 1 fully saturated rings. The van der Waals surface area contributed by atoms with Crippen molar-refractivity contribution in [1.29, 1.82) is 0 Å². The van der Waals surface area contributed by atoms with E-state index in [-0.39, 0.29) is 0 Å². The number of rotatable bonds is 5. The smallest absolute Gasteiger partial charge is 0.233 e. The molecular weight excluding hydrogens is 254 g/mol. The van der Waals surface area contributed by atoms with E-state index < -0.39 is 0 Å². The van der Waals surface area contributed by atoms with E-state index in [1.54, 1.807) is 13.2 Å². The van der Waals surface area contributed by atoms with Crippen LogP contribution in [-0.4, -0.2) is 33.3 Å². The summed E-state index contributed by atoms with van der Waals surface area (Å²) in [5.41, 5.74) is 2.57.